The van der Waals surface area contributed by atoms with Crippen LogP contribution in [0.4, 0.5) is 0 Å². The van der Waals surface area contributed by atoms with E-state index in [1.54, 1.807) is 7.11 Å². The summed E-state index contributed by atoms with van der Waals surface area (Å²) in [4.78, 5) is 0. The number of hydrogen-bond donors (Lipinski definition) is 0. The summed E-state index contributed by atoms with van der Waals surface area (Å²) in [5.41, 5.74) is 0. The van der Waals surface area contributed by atoms with Crippen molar-refractivity contribution in [1.82, 2.24) is 0 Å². The molecule has 2 rings (SSSR count). The zero-order valence-electron chi connectivity index (χ0n) is 14.1. The average Bonchev–Trinajstić information content (AvgIpc) is 3.40. The molecule has 2 aliphatic heterocycles. The van der Waals surface area contributed by atoms with Gasteiger partial charge in [0.1, 0.15) is 19.0 Å². The fourth-order valence-corrected chi connectivity index (χ4v) is 2.24. The average molecular weight is 334 g/mol. The largest absolute Gasteiger partial charge is 0.379 e. The van der Waals surface area contributed by atoms with E-state index in [2.05, 4.69) is 0 Å². The summed E-state index contributed by atoms with van der Waals surface area (Å²) in [5.74, 6) is 0. The number of rotatable bonds is 14. The fourth-order valence-electron chi connectivity index (χ4n) is 2.24. The Morgan fingerprint density at radius 2 is 1.96 bits per heavy atom. The number of epoxide rings is 1. The summed E-state index contributed by atoms with van der Waals surface area (Å²) in [5, 5.41) is 0. The van der Waals surface area contributed by atoms with Crippen LogP contribution >= 0.6 is 0 Å². The van der Waals surface area contributed by atoms with E-state index in [0.29, 0.717) is 33.0 Å². The Morgan fingerprint density at radius 3 is 2.70 bits per heavy atom. The lowest BCUT2D eigenvalue weighted by molar-refractivity contribution is -0.165. The number of methoxy groups -OCH3 is 1. The van der Waals surface area contributed by atoms with Crippen LogP contribution in [-0.4, -0.2) is 78.6 Å². The van der Waals surface area contributed by atoms with Crippen LogP contribution in [0.1, 0.15) is 25.7 Å². The Balaban J connectivity index is 1.44. The van der Waals surface area contributed by atoms with Crippen LogP contribution in [0.25, 0.3) is 0 Å². The predicted molar refractivity (Wildman–Crippen MR) is 82.3 cm³/mol. The van der Waals surface area contributed by atoms with Crippen LogP contribution in [-0.2, 0) is 33.2 Å². The third-order valence-electron chi connectivity index (χ3n) is 3.61. The van der Waals surface area contributed by atoms with Gasteiger partial charge in [-0.15, -0.1) is 0 Å². The summed E-state index contributed by atoms with van der Waals surface area (Å²) >= 11 is 0. The second kappa shape index (κ2) is 12.1. The molecule has 3 unspecified atom stereocenters. The Labute approximate surface area is 138 Å². The van der Waals surface area contributed by atoms with Crippen LogP contribution in [0.3, 0.4) is 0 Å². The fraction of sp³-hybridized carbons (Fsp3) is 1.00. The van der Waals surface area contributed by atoms with Crippen LogP contribution in [0.2, 0.25) is 0 Å². The first-order chi connectivity index (χ1) is 11.4. The highest BCUT2D eigenvalue weighted by atomic mass is 16.7. The first-order valence-corrected chi connectivity index (χ1v) is 8.49. The number of hydrogen-bond acceptors (Lipinski definition) is 7. The van der Waals surface area contributed by atoms with Gasteiger partial charge in [0.25, 0.3) is 0 Å². The summed E-state index contributed by atoms with van der Waals surface area (Å²) in [6.07, 6.45) is 4.27. The van der Waals surface area contributed by atoms with Gasteiger partial charge in [0.2, 0.25) is 0 Å². The normalized spacial score (nSPS) is 25.4. The first kappa shape index (κ1) is 19.1. The van der Waals surface area contributed by atoms with Crippen LogP contribution in [0.15, 0.2) is 0 Å². The Bertz CT molecular complexity index is 280. The van der Waals surface area contributed by atoms with E-state index in [4.69, 9.17) is 33.2 Å². The second-order valence-corrected chi connectivity index (χ2v) is 5.78. The SMILES string of the molecule is COCOC(COCCCOC1CCCCO1)COCC1CO1. The van der Waals surface area contributed by atoms with Crippen LogP contribution in [0, 0.1) is 0 Å². The van der Waals surface area contributed by atoms with E-state index in [9.17, 15) is 0 Å². The Kier molecular flexibility index (Phi) is 10.1. The van der Waals surface area contributed by atoms with Crippen molar-refractivity contribution >= 4 is 0 Å². The third kappa shape index (κ3) is 9.56. The van der Waals surface area contributed by atoms with Gasteiger partial charge in [-0.05, 0) is 25.7 Å². The molecule has 0 aliphatic carbocycles. The van der Waals surface area contributed by atoms with Crippen molar-refractivity contribution in [3.63, 3.8) is 0 Å². The van der Waals surface area contributed by atoms with Crippen molar-refractivity contribution in [1.29, 1.82) is 0 Å². The lowest BCUT2D eigenvalue weighted by atomic mass is 10.2. The van der Waals surface area contributed by atoms with Crippen molar-refractivity contribution in [3.05, 3.63) is 0 Å². The van der Waals surface area contributed by atoms with Crippen molar-refractivity contribution in [2.24, 2.45) is 0 Å². The van der Waals surface area contributed by atoms with Gasteiger partial charge in [-0.1, -0.05) is 0 Å². The van der Waals surface area contributed by atoms with E-state index in [1.807, 2.05) is 0 Å². The van der Waals surface area contributed by atoms with Gasteiger partial charge in [0.15, 0.2) is 6.29 Å². The predicted octanol–water partition coefficient (Wildman–Crippen LogP) is 1.34. The molecule has 0 amide bonds. The zero-order chi connectivity index (χ0) is 16.2. The molecule has 2 fully saturated rings. The summed E-state index contributed by atoms with van der Waals surface area (Å²) in [6.45, 7) is 4.71. The maximum atomic E-state index is 5.66. The van der Waals surface area contributed by atoms with Crippen molar-refractivity contribution in [3.8, 4) is 0 Å². The molecule has 7 nitrogen and oxygen atoms in total. The molecule has 3 atom stereocenters. The molecule has 0 radical (unpaired) electrons. The molecule has 23 heavy (non-hydrogen) atoms. The van der Waals surface area contributed by atoms with Gasteiger partial charge in [-0.3, -0.25) is 0 Å². The molecule has 2 saturated heterocycles. The second-order valence-electron chi connectivity index (χ2n) is 5.78. The van der Waals surface area contributed by atoms with Gasteiger partial charge in [0.05, 0.1) is 33.0 Å². The summed E-state index contributed by atoms with van der Waals surface area (Å²) < 4.78 is 37.9. The minimum atomic E-state index is -0.128. The lowest BCUT2D eigenvalue weighted by Gasteiger charge is -2.22. The number of ether oxygens (including phenoxy) is 7. The van der Waals surface area contributed by atoms with Gasteiger partial charge >= 0.3 is 0 Å². The van der Waals surface area contributed by atoms with Crippen molar-refractivity contribution < 1.29 is 33.2 Å². The lowest BCUT2D eigenvalue weighted by Crippen LogP contribution is -2.28. The van der Waals surface area contributed by atoms with E-state index >= 15 is 0 Å². The smallest absolute Gasteiger partial charge is 0.157 e. The topological polar surface area (TPSA) is 67.9 Å². The van der Waals surface area contributed by atoms with Crippen molar-refractivity contribution in [2.75, 3.05) is 60.2 Å². The molecular formula is C16H30O7. The maximum Gasteiger partial charge on any atom is 0.157 e. The maximum absolute atomic E-state index is 5.66. The standard InChI is InChI=1S/C16H30O7/c1-17-13-23-14(10-19-11-15-12-22-15)9-18-6-4-8-21-16-5-2-3-7-20-16/h14-16H,2-13H2,1H3. The molecule has 0 aromatic rings. The molecule has 0 N–H and O–H groups in total. The van der Waals surface area contributed by atoms with Gasteiger partial charge in [-0.25, -0.2) is 0 Å². The summed E-state index contributed by atoms with van der Waals surface area (Å²) in [6, 6.07) is 0. The molecule has 0 spiro atoms. The molecule has 0 saturated carbocycles. The first-order valence-electron chi connectivity index (χ1n) is 8.49. The highest BCUT2D eigenvalue weighted by molar-refractivity contribution is 4.68. The van der Waals surface area contributed by atoms with Gasteiger partial charge in [0, 0.05) is 20.3 Å². The van der Waals surface area contributed by atoms with E-state index < -0.39 is 0 Å². The molecule has 7 heteroatoms. The van der Waals surface area contributed by atoms with Crippen LogP contribution in [0.5, 0.6) is 0 Å². The third-order valence-corrected chi connectivity index (χ3v) is 3.61. The Morgan fingerprint density at radius 1 is 1.09 bits per heavy atom. The van der Waals surface area contributed by atoms with Crippen molar-refractivity contribution in [2.45, 2.75) is 44.2 Å². The zero-order valence-corrected chi connectivity index (χ0v) is 14.1. The highest BCUT2D eigenvalue weighted by Gasteiger charge is 2.23. The van der Waals surface area contributed by atoms with E-state index in [0.717, 1.165) is 32.5 Å². The molecule has 0 aromatic heterocycles. The monoisotopic (exact) mass is 334 g/mol. The molecule has 2 aliphatic rings. The molecular weight excluding hydrogens is 304 g/mol. The minimum absolute atomic E-state index is 0.0282. The molecule has 2 heterocycles. The van der Waals surface area contributed by atoms with Crippen LogP contribution < -0.4 is 0 Å². The molecule has 136 valence electrons. The summed E-state index contributed by atoms with van der Waals surface area (Å²) in [7, 11) is 1.60. The quantitative estimate of drug-likeness (QED) is 0.270. The van der Waals surface area contributed by atoms with E-state index in [1.165, 1.54) is 6.42 Å². The molecule has 0 aromatic carbocycles. The van der Waals surface area contributed by atoms with E-state index in [-0.39, 0.29) is 25.3 Å². The van der Waals surface area contributed by atoms with Gasteiger partial charge < -0.3 is 33.2 Å². The Hall–Kier alpha value is -0.280. The highest BCUT2D eigenvalue weighted by Crippen LogP contribution is 2.13. The molecule has 0 bridgehead atoms. The van der Waals surface area contributed by atoms with Gasteiger partial charge in [-0.2, -0.15) is 0 Å². The minimum Gasteiger partial charge on any atom is -0.379 e.